The fraction of sp³-hybridized carbons (Fsp3) is 0.138. The van der Waals surface area contributed by atoms with Crippen molar-refractivity contribution < 1.29 is 33.8 Å². The maximum atomic E-state index is 13.7. The highest BCUT2D eigenvalue weighted by Crippen LogP contribution is 2.42. The third-order valence-corrected chi connectivity index (χ3v) is 6.58. The summed E-state index contributed by atoms with van der Waals surface area (Å²) in [6.45, 7) is 3.48. The molecular formula is C29H22BrNO7. The molecule has 4 aromatic rings. The van der Waals surface area contributed by atoms with Crippen LogP contribution in [0.1, 0.15) is 46.4 Å². The van der Waals surface area contributed by atoms with Gasteiger partial charge in [0, 0.05) is 15.5 Å². The smallest absolute Gasteiger partial charge is 0.338 e. The predicted molar refractivity (Wildman–Crippen MR) is 143 cm³/mol. The van der Waals surface area contributed by atoms with Gasteiger partial charge in [0.2, 0.25) is 5.78 Å². The maximum Gasteiger partial charge on any atom is 0.338 e. The van der Waals surface area contributed by atoms with Crippen molar-refractivity contribution in [2.45, 2.75) is 26.0 Å². The Morgan fingerprint density at radius 1 is 0.974 bits per heavy atom. The molecule has 1 aromatic heterocycles. The molecule has 1 atom stereocenters. The first-order chi connectivity index (χ1) is 18.1. The zero-order valence-electron chi connectivity index (χ0n) is 20.3. The quantitative estimate of drug-likeness (QED) is 0.206. The number of ketones is 1. The van der Waals surface area contributed by atoms with Crippen molar-refractivity contribution in [3.05, 3.63) is 105 Å². The molecule has 9 heteroatoms. The highest BCUT2D eigenvalue weighted by molar-refractivity contribution is 9.10. The Labute approximate surface area is 225 Å². The fourth-order valence-electron chi connectivity index (χ4n) is 4.37. The van der Waals surface area contributed by atoms with E-state index in [2.05, 4.69) is 15.9 Å². The monoisotopic (exact) mass is 575 g/mol. The maximum absolute atomic E-state index is 13.7. The van der Waals surface area contributed by atoms with E-state index in [1.165, 1.54) is 29.2 Å². The van der Waals surface area contributed by atoms with E-state index in [1.807, 2.05) is 0 Å². The van der Waals surface area contributed by atoms with Crippen molar-refractivity contribution >= 4 is 50.2 Å². The lowest BCUT2D eigenvalue weighted by Gasteiger charge is -2.27. The molecule has 1 aliphatic heterocycles. The second kappa shape index (κ2) is 9.83. The Balaban J connectivity index is 1.58. The SMILES string of the molecule is CC(C)OC(=O)c1ccc(N2C(=O)C(O)=C(C(=O)c3cc4cc(Br)ccc4o3)C2c2ccc(O)cc2)cc1. The first-order valence-corrected chi connectivity index (χ1v) is 12.5. The molecule has 0 spiro atoms. The lowest BCUT2D eigenvalue weighted by molar-refractivity contribution is -0.117. The normalized spacial score (nSPS) is 15.5. The molecule has 0 radical (unpaired) electrons. The number of phenols is 1. The number of rotatable bonds is 6. The van der Waals surface area contributed by atoms with Crippen molar-refractivity contribution in [1.82, 2.24) is 0 Å². The molecule has 38 heavy (non-hydrogen) atoms. The Hall–Kier alpha value is -4.37. The van der Waals surface area contributed by atoms with Gasteiger partial charge in [-0.1, -0.05) is 28.1 Å². The van der Waals surface area contributed by atoms with Gasteiger partial charge in [-0.2, -0.15) is 0 Å². The highest BCUT2D eigenvalue weighted by Gasteiger charge is 2.45. The van der Waals surface area contributed by atoms with Crippen LogP contribution in [0.3, 0.4) is 0 Å². The van der Waals surface area contributed by atoms with Gasteiger partial charge in [0.1, 0.15) is 11.3 Å². The molecule has 5 rings (SSSR count). The second-order valence-electron chi connectivity index (χ2n) is 9.05. The molecule has 1 unspecified atom stereocenters. The second-order valence-corrected chi connectivity index (χ2v) is 9.97. The van der Waals surface area contributed by atoms with Crippen LogP contribution in [0.15, 0.2) is 93.0 Å². The molecule has 0 aliphatic carbocycles. The molecule has 2 N–H and O–H groups in total. The Morgan fingerprint density at radius 3 is 2.32 bits per heavy atom. The zero-order chi connectivity index (χ0) is 27.1. The van der Waals surface area contributed by atoms with Crippen molar-refractivity contribution in [2.75, 3.05) is 4.90 Å². The summed E-state index contributed by atoms with van der Waals surface area (Å²) in [5, 5.41) is 21.5. The molecule has 2 heterocycles. The van der Waals surface area contributed by atoms with E-state index in [1.54, 1.807) is 62.4 Å². The molecule has 192 valence electrons. The Morgan fingerprint density at radius 2 is 1.66 bits per heavy atom. The number of halogens is 1. The van der Waals surface area contributed by atoms with Gasteiger partial charge >= 0.3 is 5.97 Å². The minimum atomic E-state index is -1.02. The van der Waals surface area contributed by atoms with Crippen LogP contribution in [0.5, 0.6) is 5.75 Å². The van der Waals surface area contributed by atoms with Crippen LogP contribution < -0.4 is 4.90 Å². The van der Waals surface area contributed by atoms with Gasteiger partial charge in [-0.3, -0.25) is 14.5 Å². The number of phenolic OH excluding ortho intramolecular Hbond substituents is 1. The van der Waals surface area contributed by atoms with E-state index in [-0.39, 0.29) is 28.8 Å². The number of carbonyl (C=O) groups excluding carboxylic acids is 3. The summed E-state index contributed by atoms with van der Waals surface area (Å²) < 4.78 is 11.8. The number of benzene rings is 3. The summed E-state index contributed by atoms with van der Waals surface area (Å²) in [5.41, 5.74) is 1.42. The minimum Gasteiger partial charge on any atom is -0.508 e. The van der Waals surface area contributed by atoms with Crippen LogP contribution >= 0.6 is 15.9 Å². The molecule has 1 aliphatic rings. The number of amides is 1. The fourth-order valence-corrected chi connectivity index (χ4v) is 4.75. The number of nitrogens with zero attached hydrogens (tertiary/aromatic N) is 1. The first-order valence-electron chi connectivity index (χ1n) is 11.7. The molecule has 1 amide bonds. The van der Waals surface area contributed by atoms with Crippen molar-refractivity contribution in [3.8, 4) is 5.75 Å². The van der Waals surface area contributed by atoms with Gasteiger partial charge in [-0.25, -0.2) is 4.79 Å². The van der Waals surface area contributed by atoms with Crippen LogP contribution in [-0.2, 0) is 9.53 Å². The van der Waals surface area contributed by atoms with E-state index in [9.17, 15) is 24.6 Å². The molecule has 0 bridgehead atoms. The van der Waals surface area contributed by atoms with Crippen LogP contribution in [0.2, 0.25) is 0 Å². The number of aromatic hydroxyl groups is 1. The van der Waals surface area contributed by atoms with E-state index in [0.717, 1.165) is 4.47 Å². The van der Waals surface area contributed by atoms with E-state index >= 15 is 0 Å². The summed E-state index contributed by atoms with van der Waals surface area (Å²) in [4.78, 5) is 40.6. The van der Waals surface area contributed by atoms with Gasteiger partial charge in [-0.05, 0) is 80.1 Å². The summed E-state index contributed by atoms with van der Waals surface area (Å²) in [6.07, 6.45) is -0.296. The zero-order valence-corrected chi connectivity index (χ0v) is 21.9. The van der Waals surface area contributed by atoms with E-state index in [0.29, 0.717) is 22.2 Å². The largest absolute Gasteiger partial charge is 0.508 e. The van der Waals surface area contributed by atoms with Crippen molar-refractivity contribution in [3.63, 3.8) is 0 Å². The van der Waals surface area contributed by atoms with Gasteiger partial charge in [0.15, 0.2) is 11.5 Å². The lowest BCUT2D eigenvalue weighted by atomic mass is 9.94. The topological polar surface area (TPSA) is 117 Å². The molecule has 3 aromatic carbocycles. The van der Waals surface area contributed by atoms with Gasteiger partial charge in [0.25, 0.3) is 5.91 Å². The van der Waals surface area contributed by atoms with Gasteiger partial charge in [0.05, 0.1) is 23.3 Å². The molecule has 0 saturated carbocycles. The number of aliphatic hydroxyl groups excluding tert-OH is 1. The molecule has 8 nitrogen and oxygen atoms in total. The first kappa shape index (κ1) is 25.3. The minimum absolute atomic E-state index is 0.00146. The third kappa shape index (κ3) is 4.56. The Kier molecular flexibility index (Phi) is 6.54. The number of Topliss-reactive ketones (excluding diaryl/α,β-unsaturated/α-hetero) is 1. The van der Waals surface area contributed by atoms with Crippen LogP contribution in [0.4, 0.5) is 5.69 Å². The third-order valence-electron chi connectivity index (χ3n) is 6.09. The van der Waals surface area contributed by atoms with Crippen LogP contribution in [-0.4, -0.2) is 34.0 Å². The number of esters is 1. The summed E-state index contributed by atoms with van der Waals surface area (Å²) in [7, 11) is 0. The van der Waals surface area contributed by atoms with Gasteiger partial charge < -0.3 is 19.4 Å². The van der Waals surface area contributed by atoms with E-state index < -0.39 is 29.5 Å². The summed E-state index contributed by atoms with van der Waals surface area (Å²) >= 11 is 3.39. The number of furan rings is 1. The number of fused-ring (bicyclic) bond motifs is 1. The highest BCUT2D eigenvalue weighted by atomic mass is 79.9. The Bertz CT molecular complexity index is 1600. The van der Waals surface area contributed by atoms with Gasteiger partial charge in [-0.15, -0.1) is 0 Å². The summed E-state index contributed by atoms with van der Waals surface area (Å²) in [6, 6.07) is 17.9. The molecular weight excluding hydrogens is 554 g/mol. The average Bonchev–Trinajstić information content (AvgIpc) is 3.42. The number of hydrogen-bond donors (Lipinski definition) is 2. The van der Waals surface area contributed by atoms with Crippen LogP contribution in [0.25, 0.3) is 11.0 Å². The van der Waals surface area contributed by atoms with Crippen molar-refractivity contribution in [1.29, 1.82) is 0 Å². The number of hydrogen-bond acceptors (Lipinski definition) is 7. The number of ether oxygens (including phenoxy) is 1. The number of carbonyl (C=O) groups is 3. The van der Waals surface area contributed by atoms with Crippen LogP contribution in [0, 0.1) is 0 Å². The molecule has 0 saturated heterocycles. The standard InChI is InChI=1S/C29H22BrNO7/c1-15(2)37-29(36)17-3-8-20(9-4-17)31-25(16-5-10-21(32)11-6-16)24(27(34)28(31)35)26(33)23-14-18-13-19(30)7-12-22(18)38-23/h3-15,25,32,34H,1-2H3. The van der Waals surface area contributed by atoms with Crippen molar-refractivity contribution in [2.24, 2.45) is 0 Å². The number of aliphatic hydroxyl groups is 1. The van der Waals surface area contributed by atoms with E-state index in [4.69, 9.17) is 9.15 Å². The summed E-state index contributed by atoms with van der Waals surface area (Å²) in [5.74, 6) is -2.70. The number of anilines is 1. The molecule has 0 fully saturated rings. The lowest BCUT2D eigenvalue weighted by Crippen LogP contribution is -2.31. The predicted octanol–water partition coefficient (Wildman–Crippen LogP) is 6.25. The average molecular weight is 576 g/mol.